The van der Waals surface area contributed by atoms with Crippen LogP contribution in [-0.4, -0.2) is 22.8 Å². The summed E-state index contributed by atoms with van der Waals surface area (Å²) < 4.78 is 1.96. The van der Waals surface area contributed by atoms with E-state index in [2.05, 4.69) is 0 Å². The van der Waals surface area contributed by atoms with Crippen LogP contribution in [0.5, 0.6) is 0 Å². The molecule has 0 rings (SSSR count). The quantitative estimate of drug-likeness (QED) is 0.535. The van der Waals surface area contributed by atoms with Crippen LogP contribution in [0, 0.1) is 0 Å². The van der Waals surface area contributed by atoms with Crippen molar-refractivity contribution in [3.8, 4) is 0 Å². The molecule has 68 valence electrons. The van der Waals surface area contributed by atoms with Gasteiger partial charge < -0.3 is 0 Å². The van der Waals surface area contributed by atoms with Gasteiger partial charge in [0, 0.05) is 12.1 Å². The topological polar surface area (TPSA) is 3.24 Å². The first kappa shape index (κ1) is 12.0. The molecule has 0 fully saturated rings. The van der Waals surface area contributed by atoms with Gasteiger partial charge in [-0.2, -0.15) is 0 Å². The first-order valence-corrected chi connectivity index (χ1v) is 8.60. The molecule has 0 saturated heterocycles. The van der Waals surface area contributed by atoms with E-state index in [0.29, 0.717) is 12.1 Å². The third kappa shape index (κ3) is 3.99. The fraction of sp³-hybridized carbons (Fsp3) is 1.00. The van der Waals surface area contributed by atoms with Crippen molar-refractivity contribution in [1.29, 1.82) is 0 Å². The number of hydrogen-bond acceptors (Lipinski definition) is 1. The maximum Gasteiger partial charge on any atom is 0.424 e. The number of nitrogens with zero attached hydrogens (tertiary/aromatic N) is 1. The van der Waals surface area contributed by atoms with Crippen molar-refractivity contribution in [2.24, 2.45) is 0 Å². The Morgan fingerprint density at radius 3 is 1.18 bits per heavy atom. The molecule has 0 aliphatic rings. The maximum atomic E-state index is 5.88. The van der Waals surface area contributed by atoms with Gasteiger partial charge in [0.15, 0.2) is 0 Å². The molecule has 0 radical (unpaired) electrons. The molecule has 0 aliphatic heterocycles. The summed E-state index contributed by atoms with van der Waals surface area (Å²) in [4.78, 5) is 0. The Balaban J connectivity index is 4.35. The Morgan fingerprint density at radius 2 is 1.18 bits per heavy atom. The first-order valence-electron chi connectivity index (χ1n) is 3.62. The van der Waals surface area contributed by atoms with Crippen molar-refractivity contribution in [2.75, 3.05) is 0 Å². The van der Waals surface area contributed by atoms with E-state index in [9.17, 15) is 0 Å². The zero-order chi connectivity index (χ0) is 9.23. The van der Waals surface area contributed by atoms with Gasteiger partial charge in [-0.1, -0.05) is 27.7 Å². The predicted molar refractivity (Wildman–Crippen MR) is 55.4 cm³/mol. The van der Waals surface area contributed by atoms with Crippen molar-refractivity contribution in [3.63, 3.8) is 0 Å². The molecule has 11 heavy (non-hydrogen) atoms. The van der Waals surface area contributed by atoms with Gasteiger partial charge in [-0.3, -0.25) is 4.57 Å². The Morgan fingerprint density at radius 1 is 0.909 bits per heavy atom. The van der Waals surface area contributed by atoms with Crippen molar-refractivity contribution in [2.45, 2.75) is 39.8 Å². The molecule has 0 aromatic carbocycles. The van der Waals surface area contributed by atoms with E-state index < -0.39 is 6.16 Å². The highest BCUT2D eigenvalue weighted by Gasteiger charge is 2.38. The molecule has 0 amide bonds. The van der Waals surface area contributed by atoms with Crippen molar-refractivity contribution < 1.29 is 0 Å². The highest BCUT2D eigenvalue weighted by molar-refractivity contribution is 7.63. The minimum atomic E-state index is -2.66. The van der Waals surface area contributed by atoms with Crippen LogP contribution in [0.2, 0.25) is 0 Å². The SMILES string of the molecule is CC(C)N(C(C)C)[Si](Cl)(Cl)Cl. The molecular formula is C6H14Cl3NSi. The van der Waals surface area contributed by atoms with Gasteiger partial charge in [-0.15, -0.1) is 33.2 Å². The zero-order valence-electron chi connectivity index (χ0n) is 7.24. The van der Waals surface area contributed by atoms with Crippen LogP contribution in [0.4, 0.5) is 0 Å². The van der Waals surface area contributed by atoms with Crippen LogP contribution >= 0.6 is 33.2 Å². The summed E-state index contributed by atoms with van der Waals surface area (Å²) in [6.45, 7) is 8.15. The summed E-state index contributed by atoms with van der Waals surface area (Å²) in [7, 11) is 0. The summed E-state index contributed by atoms with van der Waals surface area (Å²) in [5.41, 5.74) is 0. The Bertz CT molecular complexity index is 113. The minimum absolute atomic E-state index is 0.300. The van der Waals surface area contributed by atoms with Crippen molar-refractivity contribution >= 4 is 39.4 Å². The normalized spacial score (nSPS) is 13.6. The van der Waals surface area contributed by atoms with E-state index in [1.807, 2.05) is 32.3 Å². The monoisotopic (exact) mass is 233 g/mol. The fourth-order valence-corrected chi connectivity index (χ4v) is 5.87. The number of halogens is 3. The Hall–Kier alpha value is 1.05. The van der Waals surface area contributed by atoms with Crippen LogP contribution in [0.15, 0.2) is 0 Å². The van der Waals surface area contributed by atoms with Gasteiger partial charge in [0.1, 0.15) is 0 Å². The first-order chi connectivity index (χ1) is 4.76. The molecule has 0 atom stereocenters. The number of hydrogen-bond donors (Lipinski definition) is 0. The molecule has 0 spiro atoms. The van der Waals surface area contributed by atoms with Crippen LogP contribution in [0.1, 0.15) is 27.7 Å². The summed E-state index contributed by atoms with van der Waals surface area (Å²) in [6, 6.07) is 0.600. The molecule has 0 aliphatic carbocycles. The van der Waals surface area contributed by atoms with Crippen LogP contribution in [0.25, 0.3) is 0 Å². The van der Waals surface area contributed by atoms with Gasteiger partial charge in [0.05, 0.1) is 0 Å². The van der Waals surface area contributed by atoms with Gasteiger partial charge >= 0.3 is 6.16 Å². The van der Waals surface area contributed by atoms with Crippen molar-refractivity contribution in [3.05, 3.63) is 0 Å². The largest absolute Gasteiger partial charge is 0.424 e. The van der Waals surface area contributed by atoms with Gasteiger partial charge in [0.2, 0.25) is 0 Å². The predicted octanol–water partition coefficient (Wildman–Crippen LogP) is 3.26. The molecular weight excluding hydrogens is 221 g/mol. The molecule has 0 unspecified atom stereocenters. The molecule has 0 aromatic heterocycles. The molecule has 1 nitrogen and oxygen atoms in total. The lowest BCUT2D eigenvalue weighted by atomic mass is 10.3. The Labute approximate surface area is 83.8 Å². The van der Waals surface area contributed by atoms with Crippen molar-refractivity contribution in [1.82, 2.24) is 4.57 Å². The lowest BCUT2D eigenvalue weighted by Crippen LogP contribution is -2.49. The molecule has 0 heterocycles. The highest BCUT2D eigenvalue weighted by atomic mass is 35.8. The number of rotatable bonds is 3. The smallest absolute Gasteiger partial charge is 0.283 e. The van der Waals surface area contributed by atoms with E-state index in [4.69, 9.17) is 33.2 Å². The average molecular weight is 235 g/mol. The van der Waals surface area contributed by atoms with Gasteiger partial charge in [0.25, 0.3) is 0 Å². The molecule has 5 heteroatoms. The lowest BCUT2D eigenvalue weighted by Gasteiger charge is -2.34. The van der Waals surface area contributed by atoms with E-state index >= 15 is 0 Å². The molecule has 0 bridgehead atoms. The molecule has 0 saturated carbocycles. The van der Waals surface area contributed by atoms with E-state index in [1.54, 1.807) is 0 Å². The summed E-state index contributed by atoms with van der Waals surface area (Å²) >= 11 is 17.7. The lowest BCUT2D eigenvalue weighted by molar-refractivity contribution is 0.311. The second-order valence-electron chi connectivity index (χ2n) is 3.06. The third-order valence-electron chi connectivity index (χ3n) is 1.41. The molecule has 0 N–H and O–H groups in total. The van der Waals surface area contributed by atoms with Crippen LogP contribution in [0.3, 0.4) is 0 Å². The van der Waals surface area contributed by atoms with Gasteiger partial charge in [-0.25, -0.2) is 0 Å². The third-order valence-corrected chi connectivity index (χ3v) is 4.78. The summed E-state index contributed by atoms with van der Waals surface area (Å²) in [5, 5.41) is 0. The highest BCUT2D eigenvalue weighted by Crippen LogP contribution is 2.28. The van der Waals surface area contributed by atoms with E-state index in [1.165, 1.54) is 0 Å². The van der Waals surface area contributed by atoms with E-state index in [-0.39, 0.29) is 0 Å². The summed E-state index contributed by atoms with van der Waals surface area (Å²) in [6.07, 6.45) is -2.66. The minimum Gasteiger partial charge on any atom is -0.283 e. The second kappa shape index (κ2) is 4.33. The second-order valence-corrected chi connectivity index (χ2v) is 11.2. The standard InChI is InChI=1S/C6H14Cl3NSi/c1-5(2)10(6(3)4)11(7,8)9/h5-6H,1-4H3. The molecule has 0 aromatic rings. The zero-order valence-corrected chi connectivity index (χ0v) is 10.5. The Kier molecular flexibility index (Phi) is 4.74. The summed E-state index contributed by atoms with van der Waals surface area (Å²) in [5.74, 6) is 0. The fourth-order valence-electron chi connectivity index (χ4n) is 1.18. The van der Waals surface area contributed by atoms with Crippen LogP contribution in [-0.2, 0) is 0 Å². The van der Waals surface area contributed by atoms with E-state index in [0.717, 1.165) is 0 Å². The maximum absolute atomic E-state index is 5.88. The van der Waals surface area contributed by atoms with Gasteiger partial charge in [-0.05, 0) is 0 Å². The van der Waals surface area contributed by atoms with Crippen LogP contribution < -0.4 is 0 Å². The average Bonchev–Trinajstić information content (AvgIpc) is 1.54.